The minimum atomic E-state index is -6.13. The maximum atomic E-state index is 14.2. The highest BCUT2D eigenvalue weighted by atomic mass is 79.9. The second-order valence-electron chi connectivity index (χ2n) is 17.4. The third kappa shape index (κ3) is 14.3. The largest absolute Gasteiger partial charge is 0.446 e. The van der Waals surface area contributed by atoms with Crippen molar-refractivity contribution in [1.82, 2.24) is 0 Å². The molecule has 0 aliphatic heterocycles. The van der Waals surface area contributed by atoms with Crippen LogP contribution < -0.4 is 26.4 Å². The smallest absolute Gasteiger partial charge is 0.416 e. The molecular formula is C51H27BBrF24NO3. The van der Waals surface area contributed by atoms with E-state index in [-0.39, 0.29) is 17.8 Å². The SMILES string of the molecule is FC(F)(F)c1cc([B-](c2cc(C(F)(F)F)cc(C(F)(F)F)c2)(c2cc(C(F)(F)F)cc(C(F)(F)F)c2)c2cc(C(F)(F)F)cc(C(F)(F)F)c2)cc(C(F)(F)F)c1.O=C(C[n+]1ccc2ccccc2c1C(=O)OCBr)c1ccccc1. The molecule has 0 saturated heterocycles. The Labute approximate surface area is 446 Å². The van der Waals surface area contributed by atoms with Gasteiger partial charge in [0.05, 0.1) is 49.9 Å². The number of hydrogen-bond acceptors (Lipinski definition) is 3. The quantitative estimate of drug-likeness (QED) is 0.0361. The minimum Gasteiger partial charge on any atom is -0.446 e. The van der Waals surface area contributed by atoms with Crippen LogP contribution in [0.4, 0.5) is 105 Å². The van der Waals surface area contributed by atoms with Gasteiger partial charge in [-0.05, 0) is 51.6 Å². The number of halogens is 25. The summed E-state index contributed by atoms with van der Waals surface area (Å²) >= 11 is 3.10. The number of nitrogens with zero attached hydrogens (tertiary/aromatic N) is 1. The molecule has 0 amide bonds. The number of hydrogen-bond donors (Lipinski definition) is 0. The average molecular weight is 1250 g/mol. The van der Waals surface area contributed by atoms with Gasteiger partial charge in [0.2, 0.25) is 12.3 Å². The van der Waals surface area contributed by atoms with Crippen molar-refractivity contribution in [2.75, 3.05) is 5.52 Å². The Kier molecular flexibility index (Phi) is 17.3. The van der Waals surface area contributed by atoms with E-state index in [0.717, 1.165) is 10.8 Å². The number of esters is 1. The number of Topliss-reactive ketones (excluding diaryl/α,β-unsaturated/α-hetero) is 1. The zero-order valence-electron chi connectivity index (χ0n) is 39.4. The summed E-state index contributed by atoms with van der Waals surface area (Å²) in [6, 6.07) is 9.63. The summed E-state index contributed by atoms with van der Waals surface area (Å²) in [5.41, 5.74) is -29.1. The molecule has 1 aromatic heterocycles. The number of fused-ring (bicyclic) bond motifs is 1. The van der Waals surface area contributed by atoms with Crippen molar-refractivity contribution in [3.8, 4) is 0 Å². The highest BCUT2D eigenvalue weighted by Crippen LogP contribution is 2.41. The lowest BCUT2D eigenvalue weighted by molar-refractivity contribution is -0.684. The van der Waals surface area contributed by atoms with Gasteiger partial charge in [-0.25, -0.2) is 4.79 Å². The van der Waals surface area contributed by atoms with Crippen LogP contribution >= 0.6 is 15.9 Å². The number of ketones is 1. The maximum absolute atomic E-state index is 14.2. The number of alkyl halides is 25. The molecule has 432 valence electrons. The number of ether oxygens (including phenoxy) is 1. The van der Waals surface area contributed by atoms with Crippen molar-refractivity contribution in [1.29, 1.82) is 0 Å². The number of rotatable bonds is 9. The van der Waals surface area contributed by atoms with Gasteiger partial charge in [-0.15, -0.1) is 0 Å². The normalized spacial score (nSPS) is 13.2. The first-order valence-electron chi connectivity index (χ1n) is 22.0. The van der Waals surface area contributed by atoms with Crippen LogP contribution in [0.1, 0.15) is 65.4 Å². The van der Waals surface area contributed by atoms with E-state index in [1.165, 1.54) is 0 Å². The molecule has 0 bridgehead atoms. The van der Waals surface area contributed by atoms with Gasteiger partial charge in [-0.3, -0.25) is 4.79 Å². The Hall–Kier alpha value is -7.27. The van der Waals surface area contributed by atoms with Gasteiger partial charge in [0.25, 0.3) is 5.69 Å². The van der Waals surface area contributed by atoms with Crippen LogP contribution in [0.3, 0.4) is 0 Å². The van der Waals surface area contributed by atoms with E-state index >= 15 is 0 Å². The summed E-state index contributed by atoms with van der Waals surface area (Å²) in [6.45, 7) is 0.0710. The predicted molar refractivity (Wildman–Crippen MR) is 244 cm³/mol. The molecule has 4 nitrogen and oxygen atoms in total. The van der Waals surface area contributed by atoms with E-state index in [2.05, 4.69) is 15.9 Å². The summed E-state index contributed by atoms with van der Waals surface area (Å²) in [5.74, 6) is -0.534. The van der Waals surface area contributed by atoms with Gasteiger partial charge >= 0.3 is 55.4 Å². The van der Waals surface area contributed by atoms with Crippen LogP contribution in [-0.4, -0.2) is 23.4 Å². The topological polar surface area (TPSA) is 47.2 Å². The molecule has 6 aromatic carbocycles. The van der Waals surface area contributed by atoms with E-state index in [4.69, 9.17) is 4.74 Å². The highest BCUT2D eigenvalue weighted by molar-refractivity contribution is 9.09. The van der Waals surface area contributed by atoms with Gasteiger partial charge in [0.1, 0.15) is 11.7 Å². The highest BCUT2D eigenvalue weighted by Gasteiger charge is 2.47. The predicted octanol–water partition coefficient (Wildman–Crippen LogP) is 14.7. The van der Waals surface area contributed by atoms with Crippen LogP contribution in [0.5, 0.6) is 0 Å². The molecule has 7 rings (SSSR count). The second kappa shape index (κ2) is 22.2. The zero-order chi connectivity index (χ0) is 60.9. The van der Waals surface area contributed by atoms with E-state index in [1.54, 1.807) is 22.9 Å². The molecular weight excluding hydrogens is 1220 g/mol. The van der Waals surface area contributed by atoms with Crippen molar-refractivity contribution in [3.63, 3.8) is 0 Å². The minimum absolute atomic E-state index is 0.0660. The fourth-order valence-corrected chi connectivity index (χ4v) is 8.88. The third-order valence-electron chi connectivity index (χ3n) is 12.2. The number of carbonyl (C=O) groups is 2. The fraction of sp³-hybridized carbons (Fsp3) is 0.196. The van der Waals surface area contributed by atoms with Gasteiger partial charge in [0.15, 0.2) is 6.20 Å². The molecule has 0 unspecified atom stereocenters. The van der Waals surface area contributed by atoms with Crippen LogP contribution in [0.25, 0.3) is 10.8 Å². The van der Waals surface area contributed by atoms with E-state index in [1.807, 2.05) is 48.5 Å². The first kappa shape index (κ1) is 62.9. The van der Waals surface area contributed by atoms with Gasteiger partial charge in [-0.2, -0.15) is 132 Å². The van der Waals surface area contributed by atoms with Crippen molar-refractivity contribution < 1.29 is 124 Å². The molecule has 30 heteroatoms. The lowest BCUT2D eigenvalue weighted by atomic mass is 9.12. The lowest BCUT2D eigenvalue weighted by Gasteiger charge is -2.46. The van der Waals surface area contributed by atoms with Gasteiger partial charge in [0, 0.05) is 11.6 Å². The Bertz CT molecular complexity index is 3030. The number of carbonyl (C=O) groups excluding carboxylic acids is 2. The monoisotopic (exact) mass is 1250 g/mol. The molecule has 0 fully saturated rings. The van der Waals surface area contributed by atoms with Crippen LogP contribution in [0.15, 0.2) is 140 Å². The van der Waals surface area contributed by atoms with Crippen LogP contribution in [-0.2, 0) is 60.7 Å². The Morgan fingerprint density at radius 1 is 0.395 bits per heavy atom. The molecule has 0 atom stereocenters. The summed E-state index contributed by atoms with van der Waals surface area (Å²) in [7, 11) is 0. The molecule has 0 aliphatic carbocycles. The van der Waals surface area contributed by atoms with E-state index in [0.29, 0.717) is 11.3 Å². The van der Waals surface area contributed by atoms with E-state index in [9.17, 15) is 115 Å². The molecule has 0 N–H and O–H groups in total. The molecule has 0 spiro atoms. The lowest BCUT2D eigenvalue weighted by Crippen LogP contribution is -2.75. The zero-order valence-corrected chi connectivity index (χ0v) is 41.0. The van der Waals surface area contributed by atoms with Gasteiger partial charge in [-0.1, -0.05) is 97.1 Å². The molecule has 0 radical (unpaired) electrons. The summed E-state index contributed by atoms with van der Waals surface area (Å²) < 4.78 is 348. The van der Waals surface area contributed by atoms with Crippen LogP contribution in [0.2, 0.25) is 0 Å². The Balaban J connectivity index is 0.000000363. The summed E-state index contributed by atoms with van der Waals surface area (Å²) in [5, 5.41) is 1.68. The second-order valence-corrected chi connectivity index (χ2v) is 17.9. The fourth-order valence-electron chi connectivity index (χ4n) is 8.68. The van der Waals surface area contributed by atoms with Crippen LogP contribution in [0, 0.1) is 0 Å². The maximum Gasteiger partial charge on any atom is 0.416 e. The first-order chi connectivity index (χ1) is 37.0. The van der Waals surface area contributed by atoms with Crippen molar-refractivity contribution in [3.05, 3.63) is 195 Å². The molecule has 7 aromatic rings. The molecule has 0 saturated carbocycles. The van der Waals surface area contributed by atoms with Gasteiger partial charge < -0.3 is 4.74 Å². The van der Waals surface area contributed by atoms with E-state index < -0.39 is 201 Å². The van der Waals surface area contributed by atoms with Crippen molar-refractivity contribution >= 4 is 66.5 Å². The number of aromatic nitrogens is 1. The Morgan fingerprint density at radius 2 is 0.679 bits per heavy atom. The molecule has 0 aliphatic rings. The average Bonchev–Trinajstić information content (AvgIpc) is 3.56. The van der Waals surface area contributed by atoms with Crippen molar-refractivity contribution in [2.24, 2.45) is 0 Å². The summed E-state index contributed by atoms with van der Waals surface area (Å²) in [6.07, 6.45) is -53.1. The molecule has 1 heterocycles. The summed E-state index contributed by atoms with van der Waals surface area (Å²) in [4.78, 5) is 24.9. The third-order valence-corrected chi connectivity index (χ3v) is 12.4. The van der Waals surface area contributed by atoms with Crippen molar-refractivity contribution in [2.45, 2.75) is 56.0 Å². The molecule has 81 heavy (non-hydrogen) atoms. The standard InChI is InChI=1S/C32H12BF24.C19H15BrNO3/c34-25(35,36)13-1-14(26(37,38)39)6-21(5-13)33(22-7-15(27(40,41)42)2-16(8-22)28(43,44)45,23-9-17(29(46,47)48)3-18(10-23)30(49,50)51)24-11-19(31(52,53)54)4-20(12-24)32(55,56)57;20-13-24-19(23)18-16-9-5-4-6-14(16)10-11-21(18)12-17(22)15-7-2-1-3-8-15/h1-12H;1-11H,12-13H2/q-1;+1. The number of benzene rings is 6. The Morgan fingerprint density at radius 3 is 0.963 bits per heavy atom. The number of pyridine rings is 1. The first-order valence-corrected chi connectivity index (χ1v) is 23.2.